The van der Waals surface area contributed by atoms with Crippen molar-refractivity contribution in [3.63, 3.8) is 0 Å². The lowest BCUT2D eigenvalue weighted by Gasteiger charge is -2.18. The van der Waals surface area contributed by atoms with E-state index in [1.807, 2.05) is 0 Å². The molecular formula is C14HCl9O2. The maximum Gasteiger partial charge on any atom is 0.175 e. The van der Waals surface area contributed by atoms with Crippen LogP contribution < -0.4 is 4.29 Å². The van der Waals surface area contributed by atoms with Gasteiger partial charge in [0, 0.05) is 16.2 Å². The predicted molar refractivity (Wildman–Crippen MR) is 110 cm³/mol. The molecule has 0 bridgehead atoms. The summed E-state index contributed by atoms with van der Waals surface area (Å²) >= 11 is 55.2. The first kappa shape index (κ1) is 20.1. The van der Waals surface area contributed by atoms with Crippen molar-refractivity contribution in [2.45, 2.75) is 0 Å². The lowest BCUT2D eigenvalue weighted by Crippen LogP contribution is -1.92. The van der Waals surface area contributed by atoms with Gasteiger partial charge in [0.15, 0.2) is 5.75 Å². The molecule has 0 spiro atoms. The van der Waals surface area contributed by atoms with Crippen molar-refractivity contribution in [2.75, 3.05) is 0 Å². The van der Waals surface area contributed by atoms with Gasteiger partial charge >= 0.3 is 0 Å². The number of rotatable bonds is 1. The molecule has 0 radical (unpaired) electrons. The summed E-state index contributed by atoms with van der Waals surface area (Å²) in [5.41, 5.74) is 0. The van der Waals surface area contributed by atoms with Crippen LogP contribution in [0.3, 0.4) is 0 Å². The van der Waals surface area contributed by atoms with Crippen LogP contribution in [0.5, 0.6) is 11.5 Å². The number of aromatic hydroxyl groups is 1. The normalized spacial score (nSPS) is 11.6. The van der Waals surface area contributed by atoms with Crippen LogP contribution in [0.15, 0.2) is 0 Å². The zero-order valence-electron chi connectivity index (χ0n) is 11.3. The SMILES string of the molecule is Oc1c(Cl)c(Cl)c(Cl)c2c(Cl)c3c(OCl)c(Cl)c(Cl)c(Cl)c3c(Cl)c12. The first-order valence-corrected chi connectivity index (χ1v) is 9.43. The topological polar surface area (TPSA) is 29.5 Å². The van der Waals surface area contributed by atoms with Crippen LogP contribution in [0, 0.1) is 0 Å². The highest BCUT2D eigenvalue weighted by Crippen LogP contribution is 2.56. The average molecular weight is 520 g/mol. The Morgan fingerprint density at radius 1 is 0.480 bits per heavy atom. The van der Waals surface area contributed by atoms with Crippen molar-refractivity contribution < 1.29 is 9.40 Å². The smallest absolute Gasteiger partial charge is 0.175 e. The summed E-state index contributed by atoms with van der Waals surface area (Å²) in [6.07, 6.45) is 0. The number of halogens is 9. The highest BCUT2D eigenvalue weighted by molar-refractivity contribution is 6.59. The summed E-state index contributed by atoms with van der Waals surface area (Å²) in [5, 5.41) is 10.3. The lowest BCUT2D eigenvalue weighted by molar-refractivity contribution is 0.482. The molecule has 0 saturated carbocycles. The second-order valence-electron chi connectivity index (χ2n) is 4.77. The summed E-state index contributed by atoms with van der Waals surface area (Å²) in [7, 11) is 0. The molecule has 3 aromatic carbocycles. The van der Waals surface area contributed by atoms with Crippen molar-refractivity contribution in [3.05, 3.63) is 40.2 Å². The van der Waals surface area contributed by atoms with Gasteiger partial charge < -0.3 is 9.40 Å². The molecule has 132 valence electrons. The summed E-state index contributed by atoms with van der Waals surface area (Å²) in [4.78, 5) is 0. The minimum Gasteiger partial charge on any atom is -0.506 e. The number of benzene rings is 3. The lowest BCUT2D eigenvalue weighted by atomic mass is 10.0. The quantitative estimate of drug-likeness (QED) is 0.256. The average Bonchev–Trinajstić information content (AvgIpc) is 2.58. The van der Waals surface area contributed by atoms with Gasteiger partial charge in [-0.25, -0.2) is 0 Å². The van der Waals surface area contributed by atoms with Crippen LogP contribution in [0.4, 0.5) is 0 Å². The van der Waals surface area contributed by atoms with Gasteiger partial charge in [0.05, 0.1) is 35.5 Å². The van der Waals surface area contributed by atoms with Crippen molar-refractivity contribution in [1.82, 2.24) is 0 Å². The molecule has 0 aliphatic heterocycles. The predicted octanol–water partition coefficient (Wildman–Crippen LogP) is 9.46. The summed E-state index contributed by atoms with van der Waals surface area (Å²) in [6, 6.07) is 0. The molecule has 0 aliphatic rings. The Hall–Kier alpha value is 0.390. The van der Waals surface area contributed by atoms with E-state index in [0.29, 0.717) is 0 Å². The molecule has 0 unspecified atom stereocenters. The molecule has 0 aliphatic carbocycles. The summed E-state index contributed by atoms with van der Waals surface area (Å²) in [6.45, 7) is 0. The molecule has 3 aromatic rings. The Bertz CT molecular complexity index is 1080. The molecule has 0 heterocycles. The Kier molecular flexibility index (Phi) is 5.71. The van der Waals surface area contributed by atoms with Crippen LogP contribution in [-0.4, -0.2) is 5.11 Å². The van der Waals surface area contributed by atoms with Crippen LogP contribution in [0.1, 0.15) is 0 Å². The molecule has 0 amide bonds. The Morgan fingerprint density at radius 2 is 0.920 bits per heavy atom. The fourth-order valence-electron chi connectivity index (χ4n) is 2.44. The van der Waals surface area contributed by atoms with Crippen LogP contribution in [0.2, 0.25) is 40.2 Å². The van der Waals surface area contributed by atoms with Crippen LogP contribution >= 0.6 is 105 Å². The molecule has 0 atom stereocenters. The first-order chi connectivity index (χ1) is 11.6. The van der Waals surface area contributed by atoms with Gasteiger partial charge in [0.25, 0.3) is 0 Å². The number of hydrogen-bond acceptors (Lipinski definition) is 2. The van der Waals surface area contributed by atoms with E-state index >= 15 is 0 Å². The van der Waals surface area contributed by atoms with Gasteiger partial charge in [0.1, 0.15) is 27.7 Å². The number of phenolic OH excluding ortho intramolecular Hbond substituents is 1. The molecule has 25 heavy (non-hydrogen) atoms. The Morgan fingerprint density at radius 3 is 1.44 bits per heavy atom. The van der Waals surface area contributed by atoms with Gasteiger partial charge in [-0.15, -0.1) is 0 Å². The van der Waals surface area contributed by atoms with Crippen molar-refractivity contribution >= 4 is 126 Å². The first-order valence-electron chi connectivity index (χ1n) is 6.09. The largest absolute Gasteiger partial charge is 0.506 e. The third-order valence-electron chi connectivity index (χ3n) is 3.54. The van der Waals surface area contributed by atoms with Crippen molar-refractivity contribution in [1.29, 1.82) is 0 Å². The number of fused-ring (bicyclic) bond motifs is 2. The minimum atomic E-state index is -0.421. The van der Waals surface area contributed by atoms with E-state index in [4.69, 9.17) is 109 Å². The van der Waals surface area contributed by atoms with Gasteiger partial charge in [-0.05, 0) is 0 Å². The molecular weight excluding hydrogens is 519 g/mol. The second-order valence-corrected chi connectivity index (χ2v) is 7.94. The summed E-state index contributed by atoms with van der Waals surface area (Å²) < 4.78 is 4.79. The minimum absolute atomic E-state index is 0.00983. The van der Waals surface area contributed by atoms with Gasteiger partial charge in [-0.3, -0.25) is 0 Å². The summed E-state index contributed by atoms with van der Waals surface area (Å²) in [5.74, 6) is -0.501. The maximum absolute atomic E-state index is 10.4. The van der Waals surface area contributed by atoms with Gasteiger partial charge in [0.2, 0.25) is 0 Å². The molecule has 0 fully saturated rings. The van der Waals surface area contributed by atoms with Crippen molar-refractivity contribution in [3.8, 4) is 11.5 Å². The van der Waals surface area contributed by atoms with E-state index < -0.39 is 5.75 Å². The van der Waals surface area contributed by atoms with Crippen LogP contribution in [-0.2, 0) is 0 Å². The maximum atomic E-state index is 10.4. The monoisotopic (exact) mass is 516 g/mol. The van der Waals surface area contributed by atoms with E-state index in [0.717, 1.165) is 0 Å². The number of hydrogen-bond donors (Lipinski definition) is 1. The standard InChI is InChI=1S/C14HCl9O2/c15-5-2-4(14(25-23)12(22)10(20)8(2)18)6(16)1-3(5)13(24)11(21)9(19)7(1)17/h24H. The molecule has 2 nitrogen and oxygen atoms in total. The third-order valence-corrected chi connectivity index (χ3v) is 7.07. The Balaban J connectivity index is 2.81. The number of phenols is 1. The van der Waals surface area contributed by atoms with E-state index in [-0.39, 0.29) is 67.5 Å². The molecule has 3 rings (SSSR count). The van der Waals surface area contributed by atoms with Crippen molar-refractivity contribution in [2.24, 2.45) is 0 Å². The Labute approximate surface area is 186 Å². The third kappa shape index (κ3) is 2.77. The second kappa shape index (κ2) is 7.09. The fourth-order valence-corrected chi connectivity index (χ4v) is 4.92. The molecule has 0 saturated heterocycles. The van der Waals surface area contributed by atoms with E-state index in [9.17, 15) is 5.11 Å². The zero-order valence-corrected chi connectivity index (χ0v) is 18.1. The van der Waals surface area contributed by atoms with E-state index in [1.165, 1.54) is 0 Å². The zero-order chi connectivity index (χ0) is 18.8. The van der Waals surface area contributed by atoms with Gasteiger partial charge in [-0.1, -0.05) is 92.8 Å². The molecule has 11 heteroatoms. The molecule has 0 aromatic heterocycles. The van der Waals surface area contributed by atoms with Gasteiger partial charge in [-0.2, -0.15) is 0 Å². The fraction of sp³-hybridized carbons (Fsp3) is 0. The van der Waals surface area contributed by atoms with Crippen LogP contribution in [0.25, 0.3) is 21.5 Å². The highest BCUT2D eigenvalue weighted by atomic mass is 35.5. The van der Waals surface area contributed by atoms with E-state index in [1.54, 1.807) is 0 Å². The molecule has 1 N–H and O–H groups in total. The highest BCUT2D eigenvalue weighted by Gasteiger charge is 2.28. The van der Waals surface area contributed by atoms with E-state index in [2.05, 4.69) is 0 Å².